The van der Waals surface area contributed by atoms with Crippen LogP contribution in [0.4, 0.5) is 5.82 Å². The number of ether oxygens (including phenoxy) is 5. The van der Waals surface area contributed by atoms with Crippen LogP contribution in [0.2, 0.25) is 0 Å². The summed E-state index contributed by atoms with van der Waals surface area (Å²) >= 11 is 0. The van der Waals surface area contributed by atoms with Crippen LogP contribution < -0.4 is 20.5 Å². The van der Waals surface area contributed by atoms with Gasteiger partial charge in [-0.2, -0.15) is 5.10 Å². The number of benzene rings is 1. The molecule has 2 saturated heterocycles. The van der Waals surface area contributed by atoms with Crippen LogP contribution in [-0.4, -0.2) is 97.7 Å². The number of carbonyl (C=O) groups is 2. The van der Waals surface area contributed by atoms with Gasteiger partial charge >= 0.3 is 5.97 Å². The van der Waals surface area contributed by atoms with Crippen molar-refractivity contribution in [2.24, 2.45) is 12.8 Å². The van der Waals surface area contributed by atoms with Gasteiger partial charge in [-0.15, -0.1) is 0 Å². The minimum absolute atomic E-state index is 0.0255. The monoisotopic (exact) mass is 650 g/mol. The minimum Gasteiger partial charge on any atom is -0.497 e. The van der Waals surface area contributed by atoms with Gasteiger partial charge in [-0.05, 0) is 38.5 Å². The fraction of sp³-hybridized carbons (Fsp3) is 0.452. The number of nitrogens with two attached hydrogens (primary N) is 1. The molecule has 3 aromatic heterocycles. The Morgan fingerprint density at radius 3 is 2.68 bits per heavy atom. The van der Waals surface area contributed by atoms with E-state index in [1.54, 1.807) is 32.7 Å². The molecule has 16 nitrogen and oxygen atoms in total. The number of hydrogen-bond acceptors (Lipinski definition) is 12. The quantitative estimate of drug-likeness (QED) is 0.179. The van der Waals surface area contributed by atoms with Crippen LogP contribution in [0.3, 0.4) is 0 Å². The lowest BCUT2D eigenvalue weighted by Gasteiger charge is -2.30. The molecular formula is C31H38N8O8. The van der Waals surface area contributed by atoms with E-state index in [1.807, 2.05) is 48.3 Å². The Labute approximate surface area is 270 Å². The predicted molar refractivity (Wildman–Crippen MR) is 167 cm³/mol. The van der Waals surface area contributed by atoms with E-state index < -0.39 is 42.5 Å². The summed E-state index contributed by atoms with van der Waals surface area (Å²) in [5.41, 5.74) is 8.58. The largest absolute Gasteiger partial charge is 0.497 e. The van der Waals surface area contributed by atoms with Gasteiger partial charge in [0.15, 0.2) is 18.2 Å². The second kappa shape index (κ2) is 12.8. The maximum Gasteiger partial charge on any atom is 0.320 e. The second-order valence-electron chi connectivity index (χ2n) is 11.8. The number of methoxy groups -OCH3 is 2. The van der Waals surface area contributed by atoms with E-state index in [-0.39, 0.29) is 13.0 Å². The van der Waals surface area contributed by atoms with Gasteiger partial charge in [0, 0.05) is 49.7 Å². The first-order valence-electron chi connectivity index (χ1n) is 15.0. The molecule has 0 unspecified atom stereocenters. The maximum atomic E-state index is 12.3. The molecule has 2 aliphatic heterocycles. The summed E-state index contributed by atoms with van der Waals surface area (Å²) in [5, 5.41) is 18.1. The van der Waals surface area contributed by atoms with E-state index >= 15 is 0 Å². The number of amides is 1. The van der Waals surface area contributed by atoms with Gasteiger partial charge < -0.3 is 49.3 Å². The lowest BCUT2D eigenvalue weighted by molar-refractivity contribution is -0.214. The summed E-state index contributed by atoms with van der Waals surface area (Å²) in [5.74, 6) is -0.244. The fourth-order valence-corrected chi connectivity index (χ4v) is 6.04. The summed E-state index contributed by atoms with van der Waals surface area (Å²) in [6.45, 7) is 4.00. The Morgan fingerprint density at radius 1 is 1.21 bits per heavy atom. The van der Waals surface area contributed by atoms with Crippen molar-refractivity contribution in [2.75, 3.05) is 26.1 Å². The zero-order valence-corrected chi connectivity index (χ0v) is 26.7. The molecule has 0 radical (unpaired) electrons. The van der Waals surface area contributed by atoms with Crippen LogP contribution in [0.1, 0.15) is 32.1 Å². The predicted octanol–water partition coefficient (Wildman–Crippen LogP) is 2.10. The van der Waals surface area contributed by atoms with E-state index in [0.29, 0.717) is 47.0 Å². The molecule has 5 atom stereocenters. The van der Waals surface area contributed by atoms with Gasteiger partial charge in [-0.1, -0.05) is 0 Å². The average molecular weight is 651 g/mol. The van der Waals surface area contributed by atoms with Crippen molar-refractivity contribution in [3.63, 3.8) is 0 Å². The number of fused-ring (bicyclic) bond motifs is 2. The third-order valence-electron chi connectivity index (χ3n) is 8.30. The van der Waals surface area contributed by atoms with Gasteiger partial charge in [0.1, 0.15) is 47.5 Å². The summed E-state index contributed by atoms with van der Waals surface area (Å²) in [6.07, 6.45) is 2.82. The van der Waals surface area contributed by atoms with Crippen molar-refractivity contribution in [3.8, 4) is 22.8 Å². The maximum absolute atomic E-state index is 12.3. The SMILES string of the molecule is COc1ccc(CNc2ncnc3c2c(-c2ccn(C)n2)cn3[C@@H]2O[C@H](N(C=O)CC[C@H](N)C(=O)O)[C@H]3OC(C)(C)O[C@H]32)c(OC)c1. The number of hydrogen-bond donors (Lipinski definition) is 3. The number of carbonyl (C=O) groups excluding carboxylic acids is 1. The van der Waals surface area contributed by atoms with Crippen LogP contribution in [0.25, 0.3) is 22.3 Å². The van der Waals surface area contributed by atoms with E-state index in [0.717, 1.165) is 11.1 Å². The molecule has 16 heteroatoms. The Hall–Kier alpha value is -4.77. The molecule has 1 amide bonds. The molecule has 2 aliphatic rings. The second-order valence-corrected chi connectivity index (χ2v) is 11.8. The van der Waals surface area contributed by atoms with Crippen LogP contribution >= 0.6 is 0 Å². The van der Waals surface area contributed by atoms with Crippen molar-refractivity contribution in [2.45, 2.75) is 63.3 Å². The normalized spacial score (nSPS) is 22.2. The average Bonchev–Trinajstić information content (AvgIpc) is 3.81. The summed E-state index contributed by atoms with van der Waals surface area (Å²) in [7, 11) is 5.03. The summed E-state index contributed by atoms with van der Waals surface area (Å²) < 4.78 is 33.6. The molecule has 47 heavy (non-hydrogen) atoms. The Bertz CT molecular complexity index is 1770. The summed E-state index contributed by atoms with van der Waals surface area (Å²) in [6, 6.07) is 6.34. The molecule has 0 spiro atoms. The van der Waals surface area contributed by atoms with Gasteiger partial charge in [0.25, 0.3) is 0 Å². The topological polar surface area (TPSA) is 190 Å². The van der Waals surface area contributed by atoms with Gasteiger partial charge in [0.05, 0.1) is 25.3 Å². The smallest absolute Gasteiger partial charge is 0.320 e. The standard InChI is InChI=1S/C31H38N8O8/c1-31(2)46-24-25(47-31)29(45-28(24)38(16-40)11-8-20(32)30(41)42)39-14-19(21-9-10-37(3)36-21)23-26(34-15-35-27(23)39)33-13-17-6-7-18(43-4)12-22(17)44-5/h6-7,9-10,12,14-16,20,24-25,28-29H,8,11,13,32H2,1-5H3,(H,41,42)(H,33,34,35)/t20-,24-,25+,28-,29+/m0/s1. The van der Waals surface area contributed by atoms with Crippen molar-refractivity contribution in [3.05, 3.63) is 48.5 Å². The first-order valence-corrected chi connectivity index (χ1v) is 15.0. The zero-order chi connectivity index (χ0) is 33.5. The van der Waals surface area contributed by atoms with Crippen LogP contribution in [-0.2, 0) is 37.4 Å². The zero-order valence-electron chi connectivity index (χ0n) is 26.7. The number of aryl methyl sites for hydroxylation is 1. The Morgan fingerprint density at radius 2 is 2.00 bits per heavy atom. The van der Waals surface area contributed by atoms with E-state index in [4.69, 9.17) is 29.4 Å². The number of anilines is 1. The highest BCUT2D eigenvalue weighted by Crippen LogP contribution is 2.46. The number of nitrogens with zero attached hydrogens (tertiary/aromatic N) is 6. The molecular weight excluding hydrogens is 612 g/mol. The van der Waals surface area contributed by atoms with Crippen LogP contribution in [0.15, 0.2) is 43.0 Å². The van der Waals surface area contributed by atoms with Gasteiger partial charge in [-0.25, -0.2) is 9.97 Å². The lowest BCUT2D eigenvalue weighted by atomic mass is 10.1. The van der Waals surface area contributed by atoms with Crippen LogP contribution in [0, 0.1) is 0 Å². The number of nitrogens with one attached hydrogen (secondary N) is 1. The molecule has 4 N–H and O–H groups in total. The molecule has 5 heterocycles. The highest BCUT2D eigenvalue weighted by Gasteiger charge is 2.58. The van der Waals surface area contributed by atoms with Crippen molar-refractivity contribution >= 4 is 29.2 Å². The Balaban J connectivity index is 1.39. The van der Waals surface area contributed by atoms with E-state index in [1.165, 1.54) is 11.2 Å². The van der Waals surface area contributed by atoms with Crippen molar-refractivity contribution in [1.82, 2.24) is 29.2 Å². The van der Waals surface area contributed by atoms with Crippen molar-refractivity contribution in [1.29, 1.82) is 0 Å². The van der Waals surface area contributed by atoms with Crippen molar-refractivity contribution < 1.29 is 38.4 Å². The molecule has 0 aliphatic carbocycles. The highest BCUT2D eigenvalue weighted by molar-refractivity contribution is 6.00. The molecule has 4 aromatic rings. The summed E-state index contributed by atoms with van der Waals surface area (Å²) in [4.78, 5) is 34.2. The molecule has 0 saturated carbocycles. The minimum atomic E-state index is -1.16. The van der Waals surface area contributed by atoms with E-state index in [9.17, 15) is 14.7 Å². The number of aromatic nitrogens is 5. The molecule has 250 valence electrons. The Kier molecular flexibility index (Phi) is 8.76. The number of aliphatic carboxylic acids is 1. The fourth-order valence-electron chi connectivity index (χ4n) is 6.04. The van der Waals surface area contributed by atoms with Gasteiger partial charge in [0.2, 0.25) is 6.41 Å². The third-order valence-corrected chi connectivity index (χ3v) is 8.30. The molecule has 1 aromatic carbocycles. The number of rotatable bonds is 13. The van der Waals surface area contributed by atoms with Gasteiger partial charge in [-0.3, -0.25) is 14.3 Å². The number of carboxylic acids is 1. The molecule has 0 bridgehead atoms. The first kappa shape index (κ1) is 32.2. The van der Waals surface area contributed by atoms with E-state index in [2.05, 4.69) is 20.4 Å². The third kappa shape index (κ3) is 6.19. The number of carboxylic acid groups (broad SMARTS) is 1. The first-order chi connectivity index (χ1) is 22.5. The van der Waals surface area contributed by atoms with Crippen LogP contribution in [0.5, 0.6) is 11.5 Å². The highest BCUT2D eigenvalue weighted by atomic mass is 16.8. The molecule has 6 rings (SSSR count). The molecule has 2 fully saturated rings. The lowest BCUT2D eigenvalue weighted by Crippen LogP contribution is -2.45.